The van der Waals surface area contributed by atoms with Gasteiger partial charge in [-0.2, -0.15) is 13.2 Å². The molecular weight excluding hydrogens is 527 g/mol. The third-order valence-electron chi connectivity index (χ3n) is 5.53. The van der Waals surface area contributed by atoms with E-state index >= 15 is 0 Å². The summed E-state index contributed by atoms with van der Waals surface area (Å²) in [5.41, 5.74) is -1.38. The summed E-state index contributed by atoms with van der Waals surface area (Å²) in [5.74, 6) is -1.84. The summed E-state index contributed by atoms with van der Waals surface area (Å²) in [5, 5.41) is 4.58. The number of nitrogens with one attached hydrogen (secondary N) is 2. The van der Waals surface area contributed by atoms with Crippen LogP contribution in [0.25, 0.3) is 0 Å². The summed E-state index contributed by atoms with van der Waals surface area (Å²) in [4.78, 5) is 39.7. The number of carbonyl (C=O) groups is 3. The second-order valence-electron chi connectivity index (χ2n) is 7.88. The molecule has 0 bridgehead atoms. The number of carbonyl (C=O) groups excluding carboxylic acids is 3. The van der Waals surface area contributed by atoms with Crippen molar-refractivity contribution in [3.05, 3.63) is 88.6 Å². The SMILES string of the molecule is COc1ccc(OC)c(N2C(=O)C(Cl)=C(Nc3cccc(C(=O)Nc4ccccc4C(F)(F)F)c3)C2=O)c1. The van der Waals surface area contributed by atoms with E-state index in [1.165, 1.54) is 62.8 Å². The van der Waals surface area contributed by atoms with E-state index in [-0.39, 0.29) is 28.4 Å². The summed E-state index contributed by atoms with van der Waals surface area (Å²) < 4.78 is 50.3. The molecule has 3 aromatic carbocycles. The Labute approximate surface area is 219 Å². The van der Waals surface area contributed by atoms with Gasteiger partial charge in [-0.25, -0.2) is 4.90 Å². The topological polar surface area (TPSA) is 97.0 Å². The Hall–Kier alpha value is -4.51. The number of para-hydroxylation sites is 1. The summed E-state index contributed by atoms with van der Waals surface area (Å²) in [6.07, 6.45) is -4.66. The number of alkyl halides is 3. The lowest BCUT2D eigenvalue weighted by molar-refractivity contribution is -0.137. The van der Waals surface area contributed by atoms with Gasteiger partial charge in [-0.3, -0.25) is 14.4 Å². The summed E-state index contributed by atoms with van der Waals surface area (Å²) in [6.45, 7) is 0. The zero-order chi connectivity index (χ0) is 27.6. The minimum absolute atomic E-state index is 0.00760. The van der Waals surface area contributed by atoms with Crippen LogP contribution in [0.5, 0.6) is 11.5 Å². The Bertz CT molecular complexity index is 1470. The van der Waals surface area contributed by atoms with Crippen molar-refractivity contribution in [3.8, 4) is 11.5 Å². The molecule has 0 aliphatic carbocycles. The van der Waals surface area contributed by atoms with E-state index in [4.69, 9.17) is 21.1 Å². The maximum atomic E-state index is 13.3. The summed E-state index contributed by atoms with van der Waals surface area (Å²) >= 11 is 6.20. The van der Waals surface area contributed by atoms with Gasteiger partial charge in [-0.1, -0.05) is 29.8 Å². The summed E-state index contributed by atoms with van der Waals surface area (Å²) in [6, 6.07) is 14.7. The number of anilines is 3. The number of halogens is 4. The number of hydrogen-bond donors (Lipinski definition) is 2. The Kier molecular flexibility index (Phi) is 7.31. The van der Waals surface area contributed by atoms with Gasteiger partial charge in [0.15, 0.2) is 0 Å². The van der Waals surface area contributed by atoms with Gasteiger partial charge in [-0.05, 0) is 42.5 Å². The van der Waals surface area contributed by atoms with E-state index in [1.54, 1.807) is 6.07 Å². The van der Waals surface area contributed by atoms with Gasteiger partial charge in [0.1, 0.15) is 22.2 Å². The van der Waals surface area contributed by atoms with E-state index in [9.17, 15) is 27.6 Å². The molecule has 1 aliphatic heterocycles. The molecule has 0 atom stereocenters. The number of methoxy groups -OCH3 is 2. The molecule has 0 fully saturated rings. The van der Waals surface area contributed by atoms with Crippen LogP contribution < -0.4 is 25.0 Å². The van der Waals surface area contributed by atoms with Gasteiger partial charge in [-0.15, -0.1) is 0 Å². The normalized spacial score (nSPS) is 13.6. The maximum Gasteiger partial charge on any atom is 0.418 e. The van der Waals surface area contributed by atoms with E-state index < -0.39 is 40.2 Å². The zero-order valence-corrected chi connectivity index (χ0v) is 20.6. The van der Waals surface area contributed by atoms with Crippen molar-refractivity contribution in [1.29, 1.82) is 0 Å². The zero-order valence-electron chi connectivity index (χ0n) is 19.9. The monoisotopic (exact) mass is 545 g/mol. The van der Waals surface area contributed by atoms with E-state index in [2.05, 4.69) is 10.6 Å². The number of imide groups is 1. The van der Waals surface area contributed by atoms with Gasteiger partial charge >= 0.3 is 6.18 Å². The molecule has 0 aromatic heterocycles. The van der Waals surface area contributed by atoms with Crippen LogP contribution in [0.4, 0.5) is 30.2 Å². The Morgan fingerprint density at radius 1 is 0.921 bits per heavy atom. The number of rotatable bonds is 7. The first kappa shape index (κ1) is 26.6. The van der Waals surface area contributed by atoms with Crippen molar-refractivity contribution in [1.82, 2.24) is 0 Å². The Morgan fingerprint density at radius 3 is 2.34 bits per heavy atom. The van der Waals surface area contributed by atoms with Crippen LogP contribution in [-0.4, -0.2) is 31.9 Å². The van der Waals surface area contributed by atoms with Crippen LogP contribution in [-0.2, 0) is 15.8 Å². The van der Waals surface area contributed by atoms with E-state index in [0.29, 0.717) is 5.75 Å². The van der Waals surface area contributed by atoms with Crippen LogP contribution in [0.1, 0.15) is 15.9 Å². The van der Waals surface area contributed by atoms with Gasteiger partial charge in [0.2, 0.25) is 0 Å². The van der Waals surface area contributed by atoms with Crippen molar-refractivity contribution >= 4 is 46.4 Å². The lowest BCUT2D eigenvalue weighted by Crippen LogP contribution is -2.32. The van der Waals surface area contributed by atoms with Crippen LogP contribution in [0.2, 0.25) is 0 Å². The van der Waals surface area contributed by atoms with Crippen LogP contribution in [0.15, 0.2) is 77.5 Å². The van der Waals surface area contributed by atoms with Crippen LogP contribution in [0.3, 0.4) is 0 Å². The largest absolute Gasteiger partial charge is 0.497 e. The van der Waals surface area contributed by atoms with Gasteiger partial charge in [0.05, 0.1) is 31.2 Å². The number of hydrogen-bond acceptors (Lipinski definition) is 6. The quantitative estimate of drug-likeness (QED) is 0.385. The van der Waals surface area contributed by atoms with Gasteiger partial charge < -0.3 is 20.1 Å². The number of ether oxygens (including phenoxy) is 2. The highest BCUT2D eigenvalue weighted by Gasteiger charge is 2.40. The molecule has 2 N–H and O–H groups in total. The van der Waals surface area contributed by atoms with E-state index in [1.807, 2.05) is 0 Å². The molecule has 1 heterocycles. The number of nitrogens with zero attached hydrogens (tertiary/aromatic N) is 1. The standard InChI is InChI=1S/C26H19ClF3N3O5/c1-37-16-10-11-20(38-2)19(13-16)33-24(35)21(27)22(25(33)36)31-15-7-5-6-14(12-15)23(34)32-18-9-4-3-8-17(18)26(28,29)30/h3-13,31H,1-2H3,(H,32,34). The first-order valence-electron chi connectivity index (χ1n) is 10.9. The van der Waals surface area contributed by atoms with Crippen LogP contribution in [0, 0.1) is 0 Å². The number of benzene rings is 3. The highest BCUT2D eigenvalue weighted by atomic mass is 35.5. The molecule has 0 radical (unpaired) electrons. The first-order valence-corrected chi connectivity index (χ1v) is 11.3. The molecule has 0 spiro atoms. The Balaban J connectivity index is 1.58. The molecule has 8 nitrogen and oxygen atoms in total. The molecule has 12 heteroatoms. The average Bonchev–Trinajstić information content (AvgIpc) is 3.11. The molecule has 196 valence electrons. The minimum atomic E-state index is -4.66. The average molecular weight is 546 g/mol. The van der Waals surface area contributed by atoms with Crippen molar-refractivity contribution in [3.63, 3.8) is 0 Å². The van der Waals surface area contributed by atoms with Gasteiger partial charge in [0.25, 0.3) is 17.7 Å². The molecule has 4 rings (SSSR count). The Morgan fingerprint density at radius 2 is 1.66 bits per heavy atom. The molecule has 1 aliphatic rings. The smallest absolute Gasteiger partial charge is 0.418 e. The highest BCUT2D eigenvalue weighted by Crippen LogP contribution is 2.38. The van der Waals surface area contributed by atoms with Crippen molar-refractivity contribution in [2.45, 2.75) is 6.18 Å². The fourth-order valence-corrected chi connectivity index (χ4v) is 3.93. The lowest BCUT2D eigenvalue weighted by atomic mass is 10.1. The molecule has 0 saturated heterocycles. The third-order valence-corrected chi connectivity index (χ3v) is 5.88. The van der Waals surface area contributed by atoms with Crippen molar-refractivity contribution in [2.75, 3.05) is 29.8 Å². The van der Waals surface area contributed by atoms with Gasteiger partial charge in [0, 0.05) is 17.3 Å². The molecular formula is C26H19ClF3N3O5. The maximum absolute atomic E-state index is 13.3. The van der Waals surface area contributed by atoms with Crippen molar-refractivity contribution in [2.24, 2.45) is 0 Å². The fourth-order valence-electron chi connectivity index (χ4n) is 3.72. The molecule has 38 heavy (non-hydrogen) atoms. The molecule has 3 aromatic rings. The highest BCUT2D eigenvalue weighted by molar-refractivity contribution is 6.53. The van der Waals surface area contributed by atoms with Crippen molar-refractivity contribution < 1.29 is 37.0 Å². The number of amides is 3. The molecule has 0 saturated carbocycles. The molecule has 0 unspecified atom stereocenters. The molecule has 3 amide bonds. The second-order valence-corrected chi connectivity index (χ2v) is 8.25. The third kappa shape index (κ3) is 5.14. The van der Waals surface area contributed by atoms with Crippen LogP contribution >= 0.6 is 11.6 Å². The minimum Gasteiger partial charge on any atom is -0.497 e. The first-order chi connectivity index (χ1) is 18.0. The predicted octanol–water partition coefficient (Wildman–Crippen LogP) is 5.41. The lowest BCUT2D eigenvalue weighted by Gasteiger charge is -2.19. The summed E-state index contributed by atoms with van der Waals surface area (Å²) in [7, 11) is 2.79. The fraction of sp³-hybridized carbons (Fsp3) is 0.115. The second kappa shape index (κ2) is 10.5. The predicted molar refractivity (Wildman–Crippen MR) is 134 cm³/mol. The van der Waals surface area contributed by atoms with E-state index in [0.717, 1.165) is 17.0 Å².